The molecule has 1 aliphatic carbocycles. The van der Waals surface area contributed by atoms with Gasteiger partial charge in [0.2, 0.25) is 0 Å². The number of hydrogen-bond acceptors (Lipinski definition) is 2. The number of pyridine rings is 1. The molecule has 0 amide bonds. The molecule has 1 aliphatic rings. The summed E-state index contributed by atoms with van der Waals surface area (Å²) in [6.07, 6.45) is 9.55. The fourth-order valence-corrected chi connectivity index (χ4v) is 3.18. The predicted molar refractivity (Wildman–Crippen MR) is 78.5 cm³/mol. The number of halogens is 1. The molecule has 4 heteroatoms. The van der Waals surface area contributed by atoms with Gasteiger partial charge in [0.15, 0.2) is 0 Å². The van der Waals surface area contributed by atoms with Crippen molar-refractivity contribution in [3.05, 3.63) is 53.6 Å². The molecule has 2 aromatic heterocycles. The molecule has 0 unspecified atom stereocenters. The molecule has 3 rings (SSSR count). The highest BCUT2D eigenvalue weighted by Gasteiger charge is 2.38. The summed E-state index contributed by atoms with van der Waals surface area (Å²) < 4.78 is 2.25. The molecule has 2 aromatic rings. The molecule has 0 spiro atoms. The molecule has 1 saturated carbocycles. The first-order valence-corrected chi connectivity index (χ1v) is 7.27. The van der Waals surface area contributed by atoms with Gasteiger partial charge in [-0.3, -0.25) is 4.98 Å². The lowest BCUT2D eigenvalue weighted by Crippen LogP contribution is -2.31. The maximum atomic E-state index is 9.65. The van der Waals surface area contributed by atoms with E-state index < -0.39 is 5.41 Å². The van der Waals surface area contributed by atoms with Gasteiger partial charge in [-0.15, -0.1) is 0 Å². The van der Waals surface area contributed by atoms with E-state index in [1.165, 1.54) is 0 Å². The minimum atomic E-state index is -0.450. The highest BCUT2D eigenvalue weighted by Crippen LogP contribution is 2.42. The fourth-order valence-electron chi connectivity index (χ4n) is 3.07. The highest BCUT2D eigenvalue weighted by molar-refractivity contribution is 6.30. The molecule has 0 aliphatic heterocycles. The maximum Gasteiger partial charge on any atom is 0.0994 e. The van der Waals surface area contributed by atoms with E-state index in [1.807, 2.05) is 24.3 Å². The second-order valence-corrected chi connectivity index (χ2v) is 5.85. The SMILES string of the molecule is N#CC1(c2ccc(Cl)cn2)CCC(n2cccc2)CC1. The Balaban J connectivity index is 1.80. The van der Waals surface area contributed by atoms with Gasteiger partial charge < -0.3 is 4.57 Å². The van der Waals surface area contributed by atoms with Crippen LogP contribution in [0.5, 0.6) is 0 Å². The zero-order valence-corrected chi connectivity index (χ0v) is 11.9. The Morgan fingerprint density at radius 2 is 1.95 bits per heavy atom. The van der Waals surface area contributed by atoms with Crippen LogP contribution in [0.4, 0.5) is 0 Å². The molecular formula is C16H16ClN3. The molecule has 2 heterocycles. The summed E-state index contributed by atoms with van der Waals surface area (Å²) in [5.74, 6) is 0. The number of aromatic nitrogens is 2. The third-order valence-electron chi connectivity index (χ3n) is 4.29. The van der Waals surface area contributed by atoms with E-state index in [-0.39, 0.29) is 0 Å². The smallest absolute Gasteiger partial charge is 0.0994 e. The van der Waals surface area contributed by atoms with Crippen molar-refractivity contribution in [2.75, 3.05) is 0 Å². The van der Waals surface area contributed by atoms with Crippen LogP contribution in [0, 0.1) is 11.3 Å². The van der Waals surface area contributed by atoms with Gasteiger partial charge in [-0.1, -0.05) is 11.6 Å². The van der Waals surface area contributed by atoms with Crippen LogP contribution in [0.15, 0.2) is 42.9 Å². The number of hydrogen-bond donors (Lipinski definition) is 0. The Hall–Kier alpha value is -1.79. The van der Waals surface area contributed by atoms with Gasteiger partial charge in [0, 0.05) is 24.6 Å². The van der Waals surface area contributed by atoms with Gasteiger partial charge in [-0.05, 0) is 49.9 Å². The lowest BCUT2D eigenvalue weighted by molar-refractivity contribution is 0.274. The quantitative estimate of drug-likeness (QED) is 0.833. The maximum absolute atomic E-state index is 9.65. The van der Waals surface area contributed by atoms with Crippen LogP contribution < -0.4 is 0 Å². The molecule has 0 atom stereocenters. The van der Waals surface area contributed by atoms with Gasteiger partial charge >= 0.3 is 0 Å². The van der Waals surface area contributed by atoms with Crippen LogP contribution >= 0.6 is 11.6 Å². The van der Waals surface area contributed by atoms with Gasteiger partial charge in [0.05, 0.1) is 22.2 Å². The van der Waals surface area contributed by atoms with Gasteiger partial charge in [-0.25, -0.2) is 0 Å². The fraction of sp³-hybridized carbons (Fsp3) is 0.375. The number of nitrogens with zero attached hydrogens (tertiary/aromatic N) is 3. The molecule has 1 fully saturated rings. The second kappa shape index (κ2) is 5.30. The first-order valence-electron chi connectivity index (χ1n) is 6.89. The third-order valence-corrected chi connectivity index (χ3v) is 4.51. The first-order chi connectivity index (χ1) is 9.73. The van der Waals surface area contributed by atoms with Crippen molar-refractivity contribution < 1.29 is 0 Å². The van der Waals surface area contributed by atoms with Crippen LogP contribution in [0.25, 0.3) is 0 Å². The Labute approximate surface area is 123 Å². The highest BCUT2D eigenvalue weighted by atomic mass is 35.5. The zero-order chi connectivity index (χ0) is 14.0. The Morgan fingerprint density at radius 3 is 2.50 bits per heavy atom. The van der Waals surface area contributed by atoms with Crippen LogP contribution in [-0.4, -0.2) is 9.55 Å². The Bertz CT molecular complexity index is 602. The van der Waals surface area contributed by atoms with Crippen molar-refractivity contribution in [3.8, 4) is 6.07 Å². The zero-order valence-electron chi connectivity index (χ0n) is 11.2. The van der Waals surface area contributed by atoms with E-state index in [0.717, 1.165) is 31.4 Å². The summed E-state index contributed by atoms with van der Waals surface area (Å²) in [6.45, 7) is 0. The molecule has 0 saturated heterocycles. The van der Waals surface area contributed by atoms with Crippen molar-refractivity contribution in [3.63, 3.8) is 0 Å². The van der Waals surface area contributed by atoms with Crippen molar-refractivity contribution in [2.45, 2.75) is 37.1 Å². The van der Waals surface area contributed by atoms with E-state index in [4.69, 9.17) is 11.6 Å². The van der Waals surface area contributed by atoms with Crippen molar-refractivity contribution in [1.82, 2.24) is 9.55 Å². The van der Waals surface area contributed by atoms with Gasteiger partial charge in [0.1, 0.15) is 0 Å². The standard InChI is InChI=1S/C16H16ClN3/c17-13-3-4-15(19-11-13)16(12-18)7-5-14(6-8-16)20-9-1-2-10-20/h1-4,9-11,14H,5-8H2. The second-order valence-electron chi connectivity index (χ2n) is 5.42. The molecule has 102 valence electrons. The average Bonchev–Trinajstić information content (AvgIpc) is 3.02. The average molecular weight is 286 g/mol. The summed E-state index contributed by atoms with van der Waals surface area (Å²) in [6, 6.07) is 10.8. The predicted octanol–water partition coefficient (Wildman–Crippen LogP) is 4.11. The lowest BCUT2D eigenvalue weighted by atomic mass is 9.71. The molecule has 0 radical (unpaired) electrons. The lowest BCUT2D eigenvalue weighted by Gasteiger charge is -2.35. The minimum absolute atomic E-state index is 0.450. The van der Waals surface area contributed by atoms with Crippen molar-refractivity contribution in [2.24, 2.45) is 0 Å². The largest absolute Gasteiger partial charge is 0.351 e. The van der Waals surface area contributed by atoms with E-state index in [1.54, 1.807) is 6.20 Å². The van der Waals surface area contributed by atoms with Crippen LogP contribution in [0.1, 0.15) is 37.4 Å². The molecule has 3 nitrogen and oxygen atoms in total. The molecule has 0 N–H and O–H groups in total. The summed E-state index contributed by atoms with van der Waals surface area (Å²) in [4.78, 5) is 4.37. The summed E-state index contributed by atoms with van der Waals surface area (Å²) >= 11 is 5.88. The minimum Gasteiger partial charge on any atom is -0.351 e. The van der Waals surface area contributed by atoms with E-state index >= 15 is 0 Å². The topological polar surface area (TPSA) is 41.6 Å². The summed E-state index contributed by atoms with van der Waals surface area (Å²) in [5, 5.41) is 10.3. The summed E-state index contributed by atoms with van der Waals surface area (Å²) in [5.41, 5.74) is 0.407. The van der Waals surface area contributed by atoms with Gasteiger partial charge in [-0.2, -0.15) is 5.26 Å². The van der Waals surface area contributed by atoms with Crippen LogP contribution in [-0.2, 0) is 5.41 Å². The van der Waals surface area contributed by atoms with E-state index in [9.17, 15) is 5.26 Å². The molecule has 0 aromatic carbocycles. The number of nitriles is 1. The Morgan fingerprint density at radius 1 is 1.25 bits per heavy atom. The number of rotatable bonds is 2. The summed E-state index contributed by atoms with van der Waals surface area (Å²) in [7, 11) is 0. The molecule has 20 heavy (non-hydrogen) atoms. The van der Waals surface area contributed by atoms with E-state index in [2.05, 4.69) is 28.0 Å². The van der Waals surface area contributed by atoms with Crippen LogP contribution in [0.3, 0.4) is 0 Å². The molecule has 0 bridgehead atoms. The van der Waals surface area contributed by atoms with E-state index in [0.29, 0.717) is 11.1 Å². The van der Waals surface area contributed by atoms with Gasteiger partial charge in [0.25, 0.3) is 0 Å². The van der Waals surface area contributed by atoms with Crippen molar-refractivity contribution >= 4 is 11.6 Å². The third kappa shape index (κ3) is 2.32. The van der Waals surface area contributed by atoms with Crippen LogP contribution in [0.2, 0.25) is 5.02 Å². The normalized spacial score (nSPS) is 26.1. The Kier molecular flexibility index (Phi) is 3.50. The monoisotopic (exact) mass is 285 g/mol. The first kappa shape index (κ1) is 13.2. The van der Waals surface area contributed by atoms with Crippen molar-refractivity contribution in [1.29, 1.82) is 5.26 Å². The molecular weight excluding hydrogens is 270 g/mol.